The topological polar surface area (TPSA) is 55.1 Å². The first-order valence-electron chi connectivity index (χ1n) is 5.97. The van der Waals surface area contributed by atoms with Crippen molar-refractivity contribution in [2.24, 2.45) is 5.92 Å². The SMILES string of the molecule is CC(C)CC(C)(C)c1ccc(N)cc1NC=O. The first kappa shape index (κ1) is 13.6. The first-order chi connectivity index (χ1) is 7.86. The number of nitrogens with two attached hydrogens (primary N) is 1. The van der Waals surface area contributed by atoms with Crippen LogP contribution in [0.5, 0.6) is 0 Å². The molecule has 0 bridgehead atoms. The molecule has 0 fully saturated rings. The summed E-state index contributed by atoms with van der Waals surface area (Å²) in [4.78, 5) is 10.6. The Morgan fingerprint density at radius 3 is 2.59 bits per heavy atom. The minimum Gasteiger partial charge on any atom is -0.399 e. The smallest absolute Gasteiger partial charge is 0.211 e. The second kappa shape index (κ2) is 5.21. The highest BCUT2D eigenvalue weighted by Gasteiger charge is 2.24. The molecule has 94 valence electrons. The zero-order valence-corrected chi connectivity index (χ0v) is 11.1. The molecule has 3 heteroatoms. The Kier molecular flexibility index (Phi) is 4.16. The van der Waals surface area contributed by atoms with Gasteiger partial charge in [0.15, 0.2) is 0 Å². The van der Waals surface area contributed by atoms with Crippen LogP contribution in [0.2, 0.25) is 0 Å². The number of nitrogens with one attached hydrogen (secondary N) is 1. The third kappa shape index (κ3) is 3.48. The number of carbonyl (C=O) groups is 1. The molecule has 1 aromatic rings. The van der Waals surface area contributed by atoms with Gasteiger partial charge in [0.2, 0.25) is 6.41 Å². The summed E-state index contributed by atoms with van der Waals surface area (Å²) in [5, 5.41) is 2.74. The average molecular weight is 234 g/mol. The monoisotopic (exact) mass is 234 g/mol. The molecule has 17 heavy (non-hydrogen) atoms. The van der Waals surface area contributed by atoms with Crippen molar-refractivity contribution in [2.45, 2.75) is 39.5 Å². The number of carbonyl (C=O) groups excluding carboxylic acids is 1. The van der Waals surface area contributed by atoms with Crippen LogP contribution in [0.1, 0.15) is 39.7 Å². The third-order valence-electron chi connectivity index (χ3n) is 2.91. The molecule has 1 aromatic carbocycles. The van der Waals surface area contributed by atoms with E-state index < -0.39 is 0 Å². The van der Waals surface area contributed by atoms with E-state index in [4.69, 9.17) is 5.73 Å². The lowest BCUT2D eigenvalue weighted by Crippen LogP contribution is -2.21. The second-order valence-corrected chi connectivity index (χ2v) is 5.55. The highest BCUT2D eigenvalue weighted by molar-refractivity contribution is 5.76. The van der Waals surface area contributed by atoms with Crippen molar-refractivity contribution >= 4 is 17.8 Å². The maximum Gasteiger partial charge on any atom is 0.211 e. The van der Waals surface area contributed by atoms with Gasteiger partial charge in [0.05, 0.1) is 0 Å². The van der Waals surface area contributed by atoms with Gasteiger partial charge in [-0.1, -0.05) is 33.8 Å². The van der Waals surface area contributed by atoms with E-state index in [0.29, 0.717) is 18.0 Å². The molecule has 0 saturated heterocycles. The average Bonchev–Trinajstić information content (AvgIpc) is 2.15. The Labute approximate surface area is 103 Å². The molecule has 0 aliphatic carbocycles. The number of amides is 1. The number of benzene rings is 1. The molecule has 1 amide bonds. The molecule has 3 N–H and O–H groups in total. The molecule has 0 atom stereocenters. The maximum atomic E-state index is 10.6. The summed E-state index contributed by atoms with van der Waals surface area (Å²) in [7, 11) is 0. The van der Waals surface area contributed by atoms with E-state index in [2.05, 4.69) is 33.0 Å². The van der Waals surface area contributed by atoms with E-state index in [9.17, 15) is 4.79 Å². The van der Waals surface area contributed by atoms with Crippen molar-refractivity contribution in [1.29, 1.82) is 0 Å². The minimum absolute atomic E-state index is 0.0210. The van der Waals surface area contributed by atoms with Gasteiger partial charge in [-0.25, -0.2) is 0 Å². The fourth-order valence-electron chi connectivity index (χ4n) is 2.47. The molecule has 0 aromatic heterocycles. The van der Waals surface area contributed by atoms with Gasteiger partial charge in [0, 0.05) is 11.4 Å². The van der Waals surface area contributed by atoms with Gasteiger partial charge in [0.1, 0.15) is 0 Å². The van der Waals surface area contributed by atoms with Gasteiger partial charge in [-0.05, 0) is 35.4 Å². The number of rotatable bonds is 5. The largest absolute Gasteiger partial charge is 0.399 e. The van der Waals surface area contributed by atoms with Crippen molar-refractivity contribution in [2.75, 3.05) is 11.1 Å². The summed E-state index contributed by atoms with van der Waals surface area (Å²) in [6.45, 7) is 8.78. The predicted molar refractivity (Wildman–Crippen MR) is 73.0 cm³/mol. The van der Waals surface area contributed by atoms with Crippen molar-refractivity contribution < 1.29 is 4.79 Å². The molecular formula is C14H22N2O. The lowest BCUT2D eigenvalue weighted by molar-refractivity contribution is -0.105. The van der Waals surface area contributed by atoms with Crippen molar-refractivity contribution in [3.63, 3.8) is 0 Å². The van der Waals surface area contributed by atoms with Crippen molar-refractivity contribution in [1.82, 2.24) is 0 Å². The minimum atomic E-state index is 0.0210. The zero-order chi connectivity index (χ0) is 13.1. The molecule has 1 rings (SSSR count). The molecule has 0 spiro atoms. The van der Waals surface area contributed by atoms with E-state index in [0.717, 1.165) is 17.7 Å². The zero-order valence-electron chi connectivity index (χ0n) is 11.1. The van der Waals surface area contributed by atoms with E-state index in [1.54, 1.807) is 0 Å². The molecule has 0 saturated carbocycles. The normalized spacial score (nSPS) is 11.6. The van der Waals surface area contributed by atoms with Gasteiger partial charge in [-0.2, -0.15) is 0 Å². The molecule has 0 aliphatic heterocycles. The van der Waals surface area contributed by atoms with Gasteiger partial charge < -0.3 is 11.1 Å². The predicted octanol–water partition coefficient (Wildman–Crippen LogP) is 3.16. The van der Waals surface area contributed by atoms with Crippen LogP contribution in [0, 0.1) is 5.92 Å². The van der Waals surface area contributed by atoms with E-state index >= 15 is 0 Å². The Bertz CT molecular complexity index is 397. The molecule has 0 heterocycles. The lowest BCUT2D eigenvalue weighted by atomic mass is 9.77. The highest BCUT2D eigenvalue weighted by atomic mass is 16.1. The standard InChI is InChI=1S/C14H22N2O/c1-10(2)8-14(3,4)12-6-5-11(15)7-13(12)16-9-17/h5-7,9-10H,8,15H2,1-4H3,(H,16,17). The third-order valence-corrected chi connectivity index (χ3v) is 2.91. The molecule has 3 nitrogen and oxygen atoms in total. The summed E-state index contributed by atoms with van der Waals surface area (Å²) in [5.41, 5.74) is 8.38. The summed E-state index contributed by atoms with van der Waals surface area (Å²) >= 11 is 0. The highest BCUT2D eigenvalue weighted by Crippen LogP contribution is 2.36. The fraction of sp³-hybridized carbons (Fsp3) is 0.500. The van der Waals surface area contributed by atoms with Crippen LogP contribution in [0.25, 0.3) is 0 Å². The lowest BCUT2D eigenvalue weighted by Gasteiger charge is -2.29. The Morgan fingerprint density at radius 2 is 2.06 bits per heavy atom. The van der Waals surface area contributed by atoms with Crippen LogP contribution in [-0.2, 0) is 10.2 Å². The quantitative estimate of drug-likeness (QED) is 0.607. The summed E-state index contributed by atoms with van der Waals surface area (Å²) < 4.78 is 0. The Morgan fingerprint density at radius 1 is 1.41 bits per heavy atom. The second-order valence-electron chi connectivity index (χ2n) is 5.55. The van der Waals surface area contributed by atoms with Gasteiger partial charge in [0.25, 0.3) is 0 Å². The van der Waals surface area contributed by atoms with E-state index in [1.807, 2.05) is 18.2 Å². The van der Waals surface area contributed by atoms with Crippen LogP contribution < -0.4 is 11.1 Å². The molecule has 0 aliphatic rings. The Balaban J connectivity index is 3.14. The van der Waals surface area contributed by atoms with Crippen molar-refractivity contribution in [3.8, 4) is 0 Å². The maximum absolute atomic E-state index is 10.6. The number of hydrogen-bond acceptors (Lipinski definition) is 2. The van der Waals surface area contributed by atoms with Crippen molar-refractivity contribution in [3.05, 3.63) is 23.8 Å². The molecular weight excluding hydrogens is 212 g/mol. The van der Waals surface area contributed by atoms with Gasteiger partial charge >= 0.3 is 0 Å². The van der Waals surface area contributed by atoms with Gasteiger partial charge in [-0.15, -0.1) is 0 Å². The summed E-state index contributed by atoms with van der Waals surface area (Å²) in [6, 6.07) is 5.70. The molecule has 0 radical (unpaired) electrons. The summed E-state index contributed by atoms with van der Waals surface area (Å²) in [5.74, 6) is 0.603. The van der Waals surface area contributed by atoms with Crippen LogP contribution in [-0.4, -0.2) is 6.41 Å². The van der Waals surface area contributed by atoms with Crippen LogP contribution in [0.4, 0.5) is 11.4 Å². The number of anilines is 2. The Hall–Kier alpha value is -1.51. The van der Waals surface area contributed by atoms with E-state index in [-0.39, 0.29) is 5.41 Å². The van der Waals surface area contributed by atoms with Crippen LogP contribution >= 0.6 is 0 Å². The number of nitrogen functional groups attached to an aromatic ring is 1. The van der Waals surface area contributed by atoms with Crippen LogP contribution in [0.3, 0.4) is 0 Å². The van der Waals surface area contributed by atoms with E-state index in [1.165, 1.54) is 0 Å². The van der Waals surface area contributed by atoms with Gasteiger partial charge in [-0.3, -0.25) is 4.79 Å². The number of hydrogen-bond donors (Lipinski definition) is 2. The summed E-state index contributed by atoms with van der Waals surface area (Å²) in [6.07, 6.45) is 1.76. The van der Waals surface area contributed by atoms with Crippen LogP contribution in [0.15, 0.2) is 18.2 Å². The first-order valence-corrected chi connectivity index (χ1v) is 5.97. The molecule has 0 unspecified atom stereocenters. The fourth-order valence-corrected chi connectivity index (χ4v) is 2.47.